The predicted octanol–water partition coefficient (Wildman–Crippen LogP) is 4.39. The van der Waals surface area contributed by atoms with Crippen LogP contribution < -0.4 is 0 Å². The highest BCUT2D eigenvalue weighted by molar-refractivity contribution is 9.10. The lowest BCUT2D eigenvalue weighted by molar-refractivity contribution is -0.385. The van der Waals surface area contributed by atoms with E-state index in [9.17, 15) is 14.9 Å². The van der Waals surface area contributed by atoms with Crippen molar-refractivity contribution in [3.63, 3.8) is 0 Å². The van der Waals surface area contributed by atoms with Gasteiger partial charge in [0.25, 0.3) is 17.5 Å². The van der Waals surface area contributed by atoms with Gasteiger partial charge in [-0.15, -0.1) is 21.5 Å². The van der Waals surface area contributed by atoms with Gasteiger partial charge in [-0.25, -0.2) is 4.79 Å². The molecule has 0 aliphatic heterocycles. The summed E-state index contributed by atoms with van der Waals surface area (Å²) in [5.41, 5.74) is -0.167. The Morgan fingerprint density at radius 3 is 2.88 bits per heavy atom. The van der Waals surface area contributed by atoms with Crippen LogP contribution in [0.25, 0.3) is 10.8 Å². The third-order valence-electron chi connectivity index (χ3n) is 3.18. The SMILES string of the molecule is CC(OC(=O)c1ccc(Br)c([N+](=O)[O-])c1)c1nnc(-c2cccs2)o1. The van der Waals surface area contributed by atoms with Gasteiger partial charge in [0, 0.05) is 6.07 Å². The van der Waals surface area contributed by atoms with E-state index in [2.05, 4.69) is 26.1 Å². The molecular weight excluding hydrogens is 414 g/mol. The third kappa shape index (κ3) is 3.74. The molecule has 0 saturated heterocycles. The van der Waals surface area contributed by atoms with Crippen LogP contribution in [0.5, 0.6) is 0 Å². The fourth-order valence-corrected chi connectivity index (χ4v) is 2.99. The number of nitro benzene ring substituents is 1. The van der Waals surface area contributed by atoms with E-state index in [4.69, 9.17) is 9.15 Å². The van der Waals surface area contributed by atoms with Crippen LogP contribution in [0, 0.1) is 10.1 Å². The average molecular weight is 424 g/mol. The van der Waals surface area contributed by atoms with Gasteiger partial charge < -0.3 is 9.15 Å². The summed E-state index contributed by atoms with van der Waals surface area (Å²) in [7, 11) is 0. The zero-order valence-electron chi connectivity index (χ0n) is 12.7. The molecule has 0 amide bonds. The van der Waals surface area contributed by atoms with Gasteiger partial charge in [0.1, 0.15) is 0 Å². The normalized spacial score (nSPS) is 11.9. The molecule has 0 bridgehead atoms. The molecule has 2 heterocycles. The fraction of sp³-hybridized carbons (Fsp3) is 0.133. The monoisotopic (exact) mass is 423 g/mol. The molecular formula is C15H10BrN3O5S. The van der Waals surface area contributed by atoms with Crippen molar-refractivity contribution < 1.29 is 18.9 Å². The molecule has 3 rings (SSSR count). The number of nitrogens with zero attached hydrogens (tertiary/aromatic N) is 3. The minimum absolute atomic E-state index is 0.0553. The molecule has 25 heavy (non-hydrogen) atoms. The van der Waals surface area contributed by atoms with Gasteiger partial charge in [0.05, 0.1) is 19.8 Å². The highest BCUT2D eigenvalue weighted by Gasteiger charge is 2.22. The van der Waals surface area contributed by atoms with Crippen LogP contribution in [-0.4, -0.2) is 21.1 Å². The molecule has 0 aliphatic rings. The van der Waals surface area contributed by atoms with E-state index in [0.29, 0.717) is 5.89 Å². The van der Waals surface area contributed by atoms with Gasteiger partial charge in [-0.2, -0.15) is 0 Å². The zero-order valence-corrected chi connectivity index (χ0v) is 15.1. The number of thiophene rings is 1. The number of esters is 1. The first-order chi connectivity index (χ1) is 12.0. The topological polar surface area (TPSA) is 108 Å². The Morgan fingerprint density at radius 2 is 2.20 bits per heavy atom. The molecule has 8 nitrogen and oxygen atoms in total. The lowest BCUT2D eigenvalue weighted by Gasteiger charge is -2.09. The molecule has 1 unspecified atom stereocenters. The van der Waals surface area contributed by atoms with Gasteiger partial charge in [-0.3, -0.25) is 10.1 Å². The number of carbonyl (C=O) groups is 1. The number of hydrogen-bond donors (Lipinski definition) is 0. The lowest BCUT2D eigenvalue weighted by atomic mass is 10.2. The summed E-state index contributed by atoms with van der Waals surface area (Å²) in [4.78, 5) is 23.4. The average Bonchev–Trinajstić information content (AvgIpc) is 3.26. The largest absolute Gasteiger partial charge is 0.449 e. The van der Waals surface area contributed by atoms with E-state index < -0.39 is 17.0 Å². The summed E-state index contributed by atoms with van der Waals surface area (Å²) in [5, 5.41) is 20.6. The molecule has 0 fully saturated rings. The number of carbonyl (C=O) groups excluding carboxylic acids is 1. The molecule has 0 saturated carbocycles. The number of hydrogen-bond acceptors (Lipinski definition) is 8. The predicted molar refractivity (Wildman–Crippen MR) is 92.2 cm³/mol. The summed E-state index contributed by atoms with van der Waals surface area (Å²) in [6.07, 6.45) is -0.795. The molecule has 0 aliphatic carbocycles. The fourth-order valence-electron chi connectivity index (χ4n) is 1.96. The number of rotatable bonds is 5. The zero-order chi connectivity index (χ0) is 18.0. The van der Waals surface area contributed by atoms with Crippen molar-refractivity contribution in [2.45, 2.75) is 13.0 Å². The van der Waals surface area contributed by atoms with Gasteiger partial charge in [0.2, 0.25) is 0 Å². The second-order valence-corrected chi connectivity index (χ2v) is 6.70. The van der Waals surface area contributed by atoms with Crippen molar-refractivity contribution in [1.29, 1.82) is 0 Å². The summed E-state index contributed by atoms with van der Waals surface area (Å²) in [6, 6.07) is 7.68. The van der Waals surface area contributed by atoms with E-state index in [1.54, 1.807) is 6.92 Å². The number of halogens is 1. The molecule has 128 valence electrons. The number of nitro groups is 1. The van der Waals surface area contributed by atoms with Crippen LogP contribution in [0.1, 0.15) is 29.3 Å². The Morgan fingerprint density at radius 1 is 1.40 bits per heavy atom. The maximum absolute atomic E-state index is 12.2. The van der Waals surface area contributed by atoms with Gasteiger partial charge in [-0.05, 0) is 46.4 Å². The van der Waals surface area contributed by atoms with Crippen molar-refractivity contribution in [3.8, 4) is 10.8 Å². The molecule has 1 aromatic carbocycles. The Balaban J connectivity index is 1.75. The van der Waals surface area contributed by atoms with Gasteiger partial charge in [-0.1, -0.05) is 6.07 Å². The van der Waals surface area contributed by atoms with Gasteiger partial charge in [0.15, 0.2) is 6.10 Å². The third-order valence-corrected chi connectivity index (χ3v) is 4.71. The molecule has 2 aromatic heterocycles. The quantitative estimate of drug-likeness (QED) is 0.340. The van der Waals surface area contributed by atoms with Crippen molar-refractivity contribution in [3.05, 3.63) is 61.8 Å². The summed E-state index contributed by atoms with van der Waals surface area (Å²) < 4.78 is 11.0. The second kappa shape index (κ2) is 7.11. The molecule has 1 atom stereocenters. The van der Waals surface area contributed by atoms with Crippen LogP contribution in [0.3, 0.4) is 0 Å². The van der Waals surface area contributed by atoms with Crippen LogP contribution >= 0.6 is 27.3 Å². The Bertz CT molecular complexity index is 925. The van der Waals surface area contributed by atoms with Crippen molar-refractivity contribution >= 4 is 38.9 Å². The Hall–Kier alpha value is -2.59. The molecule has 3 aromatic rings. The highest BCUT2D eigenvalue weighted by Crippen LogP contribution is 2.28. The van der Waals surface area contributed by atoms with Crippen molar-refractivity contribution in [1.82, 2.24) is 10.2 Å². The lowest BCUT2D eigenvalue weighted by Crippen LogP contribution is -2.10. The number of benzene rings is 1. The van der Waals surface area contributed by atoms with Crippen LogP contribution in [-0.2, 0) is 4.74 Å². The number of ether oxygens (including phenoxy) is 1. The summed E-state index contributed by atoms with van der Waals surface area (Å²) >= 11 is 4.51. The first kappa shape index (κ1) is 17.2. The van der Waals surface area contributed by atoms with E-state index in [0.717, 1.165) is 10.9 Å². The smallest absolute Gasteiger partial charge is 0.339 e. The van der Waals surface area contributed by atoms with Crippen molar-refractivity contribution in [2.24, 2.45) is 0 Å². The van der Waals surface area contributed by atoms with Gasteiger partial charge >= 0.3 is 5.97 Å². The number of aromatic nitrogens is 2. The first-order valence-electron chi connectivity index (χ1n) is 6.98. The molecule has 0 N–H and O–H groups in total. The summed E-state index contributed by atoms with van der Waals surface area (Å²) in [5.74, 6) is -0.241. The van der Waals surface area contributed by atoms with Crippen LogP contribution in [0.15, 0.2) is 44.6 Å². The Labute approximate surface area is 153 Å². The minimum atomic E-state index is -0.795. The van der Waals surface area contributed by atoms with Crippen LogP contribution in [0.2, 0.25) is 0 Å². The van der Waals surface area contributed by atoms with E-state index >= 15 is 0 Å². The molecule has 0 spiro atoms. The van der Waals surface area contributed by atoms with E-state index in [1.165, 1.54) is 23.5 Å². The first-order valence-corrected chi connectivity index (χ1v) is 8.65. The highest BCUT2D eigenvalue weighted by atomic mass is 79.9. The maximum Gasteiger partial charge on any atom is 0.339 e. The van der Waals surface area contributed by atoms with E-state index in [-0.39, 0.29) is 21.6 Å². The summed E-state index contributed by atoms with van der Waals surface area (Å²) in [6.45, 7) is 1.58. The second-order valence-electron chi connectivity index (χ2n) is 4.89. The van der Waals surface area contributed by atoms with Crippen molar-refractivity contribution in [2.75, 3.05) is 0 Å². The molecule has 0 radical (unpaired) electrons. The van der Waals surface area contributed by atoms with E-state index in [1.807, 2.05) is 17.5 Å². The Kier molecular flexibility index (Phi) is 4.91. The maximum atomic E-state index is 12.2. The standard InChI is InChI=1S/C15H10BrN3O5S/c1-8(13-17-18-14(24-13)12-3-2-6-25-12)23-15(20)9-4-5-10(16)11(7-9)19(21)22/h2-8H,1H3. The minimum Gasteiger partial charge on any atom is -0.449 e. The molecule has 10 heteroatoms. The van der Waals surface area contributed by atoms with Crippen LogP contribution in [0.4, 0.5) is 5.69 Å².